The summed E-state index contributed by atoms with van der Waals surface area (Å²) in [6.07, 6.45) is 5.92. The first-order chi connectivity index (χ1) is 8.22. The van der Waals surface area contributed by atoms with Crippen molar-refractivity contribution in [1.82, 2.24) is 4.90 Å². The average Bonchev–Trinajstić information content (AvgIpc) is 3.08. The van der Waals surface area contributed by atoms with Crippen molar-refractivity contribution in [3.05, 3.63) is 10.6 Å². The monoisotopic (exact) mass is 254 g/mol. The molecule has 2 atom stereocenters. The molecule has 3 rings (SSSR count). The maximum Gasteiger partial charge on any atom is 0.106 e. The Morgan fingerprint density at radius 3 is 2.76 bits per heavy atom. The van der Waals surface area contributed by atoms with Crippen LogP contribution >= 0.6 is 11.6 Å². The molecule has 0 aromatic rings. The van der Waals surface area contributed by atoms with E-state index in [1.165, 1.54) is 31.3 Å². The summed E-state index contributed by atoms with van der Waals surface area (Å²) in [6, 6.07) is 1.11. The molecule has 4 heteroatoms. The first-order valence-corrected chi connectivity index (χ1v) is 6.82. The minimum atomic E-state index is 0.468. The van der Waals surface area contributed by atoms with Crippen LogP contribution in [0, 0.1) is 5.92 Å². The van der Waals surface area contributed by atoms with Crippen molar-refractivity contribution in [2.24, 2.45) is 11.1 Å². The van der Waals surface area contributed by atoms with E-state index in [-0.39, 0.29) is 0 Å². The third-order valence-corrected chi connectivity index (χ3v) is 4.67. The number of hydrogen-bond donors (Lipinski definition) is 0. The SMILES string of the molecule is CON=C(C1=C(Cl)CC2CCC1N2C)C1CC1. The lowest BCUT2D eigenvalue weighted by Crippen LogP contribution is -2.40. The maximum atomic E-state index is 6.50. The van der Waals surface area contributed by atoms with Gasteiger partial charge in [0.25, 0.3) is 0 Å². The van der Waals surface area contributed by atoms with Crippen molar-refractivity contribution in [2.45, 2.75) is 44.2 Å². The van der Waals surface area contributed by atoms with Gasteiger partial charge in [0, 0.05) is 28.6 Å². The van der Waals surface area contributed by atoms with Gasteiger partial charge in [0.15, 0.2) is 0 Å². The van der Waals surface area contributed by atoms with Crippen molar-refractivity contribution in [3.63, 3.8) is 0 Å². The number of likely N-dealkylation sites (N-methyl/N-ethyl adjacent to an activating group) is 1. The van der Waals surface area contributed by atoms with E-state index in [2.05, 4.69) is 17.1 Å². The van der Waals surface area contributed by atoms with Crippen LogP contribution in [0.2, 0.25) is 0 Å². The molecule has 2 bridgehead atoms. The fourth-order valence-electron chi connectivity index (χ4n) is 3.21. The van der Waals surface area contributed by atoms with Crippen molar-refractivity contribution in [1.29, 1.82) is 0 Å². The van der Waals surface area contributed by atoms with Crippen molar-refractivity contribution in [2.75, 3.05) is 14.2 Å². The lowest BCUT2D eigenvalue weighted by Gasteiger charge is -2.33. The van der Waals surface area contributed by atoms with Crippen molar-refractivity contribution < 1.29 is 4.84 Å². The molecule has 2 unspecified atom stereocenters. The summed E-state index contributed by atoms with van der Waals surface area (Å²) in [7, 11) is 3.84. The van der Waals surface area contributed by atoms with Crippen molar-refractivity contribution >= 4 is 17.3 Å². The summed E-state index contributed by atoms with van der Waals surface area (Å²) in [5, 5.41) is 5.29. The van der Waals surface area contributed by atoms with E-state index >= 15 is 0 Å². The van der Waals surface area contributed by atoms with E-state index in [1.807, 2.05) is 0 Å². The van der Waals surface area contributed by atoms with Crippen LogP contribution in [-0.4, -0.2) is 36.9 Å². The van der Waals surface area contributed by atoms with Crippen LogP contribution in [0.15, 0.2) is 15.8 Å². The minimum absolute atomic E-state index is 0.468. The Hall–Kier alpha value is -0.540. The largest absolute Gasteiger partial charge is 0.399 e. The summed E-state index contributed by atoms with van der Waals surface area (Å²) in [6.45, 7) is 0. The molecule has 0 aromatic carbocycles. The van der Waals surface area contributed by atoms with E-state index in [0.29, 0.717) is 18.0 Å². The third kappa shape index (κ3) is 1.89. The molecule has 0 aromatic heterocycles. The Labute approximate surface area is 107 Å². The Morgan fingerprint density at radius 2 is 2.12 bits per heavy atom. The van der Waals surface area contributed by atoms with E-state index in [9.17, 15) is 0 Å². The van der Waals surface area contributed by atoms with Gasteiger partial charge in [-0.15, -0.1) is 0 Å². The molecule has 1 aliphatic carbocycles. The number of halogens is 1. The molecule has 0 spiro atoms. The summed E-state index contributed by atoms with van der Waals surface area (Å²) >= 11 is 6.50. The van der Waals surface area contributed by atoms with E-state index in [1.54, 1.807) is 7.11 Å². The highest BCUT2D eigenvalue weighted by molar-refractivity contribution is 6.32. The van der Waals surface area contributed by atoms with Crippen LogP contribution in [0.5, 0.6) is 0 Å². The lowest BCUT2D eigenvalue weighted by atomic mass is 9.94. The average molecular weight is 255 g/mol. The molecular formula is C13H19ClN2O. The van der Waals surface area contributed by atoms with Gasteiger partial charge in [-0.05, 0) is 39.2 Å². The number of hydrogen-bond acceptors (Lipinski definition) is 3. The summed E-state index contributed by atoms with van der Waals surface area (Å²) in [5.74, 6) is 0.587. The van der Waals surface area contributed by atoms with Gasteiger partial charge in [0.2, 0.25) is 0 Å². The predicted molar refractivity (Wildman–Crippen MR) is 69.2 cm³/mol. The normalized spacial score (nSPS) is 34.4. The van der Waals surface area contributed by atoms with Crippen LogP contribution in [-0.2, 0) is 4.84 Å². The predicted octanol–water partition coefficient (Wildman–Crippen LogP) is 2.76. The molecule has 2 fully saturated rings. The number of oxime groups is 1. The smallest absolute Gasteiger partial charge is 0.106 e. The van der Waals surface area contributed by atoms with Crippen molar-refractivity contribution in [3.8, 4) is 0 Å². The molecule has 0 N–H and O–H groups in total. The van der Waals surface area contributed by atoms with Gasteiger partial charge in [-0.2, -0.15) is 0 Å². The molecule has 0 amide bonds. The van der Waals surface area contributed by atoms with Crippen LogP contribution in [0.3, 0.4) is 0 Å². The molecule has 1 saturated carbocycles. The van der Waals surface area contributed by atoms with Gasteiger partial charge >= 0.3 is 0 Å². The Kier molecular flexibility index (Phi) is 2.91. The Morgan fingerprint density at radius 1 is 1.35 bits per heavy atom. The van der Waals surface area contributed by atoms with Gasteiger partial charge in [-0.25, -0.2) is 0 Å². The van der Waals surface area contributed by atoms with E-state index in [4.69, 9.17) is 16.4 Å². The second-order valence-corrected chi connectivity index (χ2v) is 5.82. The quantitative estimate of drug-likeness (QED) is 0.572. The van der Waals surface area contributed by atoms with Crippen LogP contribution in [0.4, 0.5) is 0 Å². The fraction of sp³-hybridized carbons (Fsp3) is 0.769. The van der Waals surface area contributed by atoms with Crippen LogP contribution in [0.1, 0.15) is 32.1 Å². The molecule has 2 aliphatic heterocycles. The third-order valence-electron chi connectivity index (χ3n) is 4.31. The minimum Gasteiger partial charge on any atom is -0.399 e. The number of rotatable bonds is 3. The first kappa shape index (κ1) is 11.5. The second kappa shape index (κ2) is 4.29. The lowest BCUT2D eigenvalue weighted by molar-refractivity contribution is 0.210. The molecule has 1 saturated heterocycles. The summed E-state index contributed by atoms with van der Waals surface area (Å²) in [4.78, 5) is 7.49. The van der Waals surface area contributed by atoms with Crippen LogP contribution < -0.4 is 0 Å². The van der Waals surface area contributed by atoms with Gasteiger partial charge in [0.05, 0.1) is 5.71 Å². The van der Waals surface area contributed by atoms with Gasteiger partial charge in [-0.1, -0.05) is 16.8 Å². The standard InChI is InChI=1S/C13H19ClN2O/c1-16-9-5-6-11(16)12(10(14)7-9)13(15-17-2)8-3-4-8/h8-9,11H,3-7H2,1-2H3. The zero-order valence-electron chi connectivity index (χ0n) is 10.4. The number of nitrogens with zero attached hydrogens (tertiary/aromatic N) is 2. The van der Waals surface area contributed by atoms with Gasteiger partial charge < -0.3 is 4.84 Å². The Bertz CT molecular complexity index is 387. The highest BCUT2D eigenvalue weighted by Crippen LogP contribution is 2.44. The van der Waals surface area contributed by atoms with Gasteiger partial charge in [0.1, 0.15) is 7.11 Å². The zero-order valence-corrected chi connectivity index (χ0v) is 11.2. The second-order valence-electron chi connectivity index (χ2n) is 5.37. The molecule has 2 heterocycles. The summed E-state index contributed by atoms with van der Waals surface area (Å²) < 4.78 is 0. The maximum absolute atomic E-state index is 6.50. The zero-order chi connectivity index (χ0) is 12.0. The number of fused-ring (bicyclic) bond motifs is 2. The highest BCUT2D eigenvalue weighted by atomic mass is 35.5. The van der Waals surface area contributed by atoms with E-state index in [0.717, 1.165) is 17.2 Å². The molecular weight excluding hydrogens is 236 g/mol. The Balaban J connectivity index is 1.96. The highest BCUT2D eigenvalue weighted by Gasteiger charge is 2.43. The summed E-state index contributed by atoms with van der Waals surface area (Å²) in [5.41, 5.74) is 2.39. The van der Waals surface area contributed by atoms with Gasteiger partial charge in [-0.3, -0.25) is 4.90 Å². The van der Waals surface area contributed by atoms with E-state index < -0.39 is 0 Å². The topological polar surface area (TPSA) is 24.8 Å². The molecule has 0 radical (unpaired) electrons. The molecule has 17 heavy (non-hydrogen) atoms. The molecule has 3 aliphatic rings. The van der Waals surface area contributed by atoms with Crippen LogP contribution in [0.25, 0.3) is 0 Å². The fourth-order valence-corrected chi connectivity index (χ4v) is 3.61. The molecule has 3 nitrogen and oxygen atoms in total. The molecule has 94 valence electrons. The first-order valence-electron chi connectivity index (χ1n) is 6.44.